The number of anilines is 1. The van der Waals surface area contributed by atoms with Gasteiger partial charge in [-0.25, -0.2) is 4.68 Å². The van der Waals surface area contributed by atoms with Gasteiger partial charge in [0.15, 0.2) is 5.78 Å². The van der Waals surface area contributed by atoms with E-state index in [-0.39, 0.29) is 18.0 Å². The third kappa shape index (κ3) is 4.86. The van der Waals surface area contributed by atoms with Crippen molar-refractivity contribution < 1.29 is 14.5 Å². The Kier molecular flexibility index (Phi) is 5.53. The Morgan fingerprint density at radius 1 is 1.43 bits per heavy atom. The summed E-state index contributed by atoms with van der Waals surface area (Å²) in [6, 6.07) is 0. The number of carbonyl (C=O) groups is 1. The number of ether oxygens (including phenoxy) is 1. The molecule has 1 aliphatic heterocycles. The van der Waals surface area contributed by atoms with Crippen molar-refractivity contribution >= 4 is 25.4 Å². The summed E-state index contributed by atoms with van der Waals surface area (Å²) < 4.78 is 7.27. The first-order valence-corrected chi connectivity index (χ1v) is 11.5. The number of nitrogens with zero attached hydrogens (tertiary/aromatic N) is 4. The van der Waals surface area contributed by atoms with Gasteiger partial charge in [-0.15, -0.1) is 0 Å². The molecular formula is C14H24N4O4Si. The van der Waals surface area contributed by atoms with Crippen LogP contribution < -0.4 is 4.90 Å². The number of nitro groups is 1. The largest absolute Gasteiger partial charge is 0.383 e. The fourth-order valence-electron chi connectivity index (χ4n) is 2.53. The molecule has 0 aromatic carbocycles. The maximum absolute atomic E-state index is 11.7. The van der Waals surface area contributed by atoms with E-state index < -0.39 is 13.0 Å². The number of rotatable bonds is 7. The fraction of sp³-hybridized carbons (Fsp3) is 0.714. The second-order valence-electron chi connectivity index (χ2n) is 7.01. The van der Waals surface area contributed by atoms with Gasteiger partial charge in [-0.3, -0.25) is 14.9 Å². The van der Waals surface area contributed by atoms with Crippen molar-refractivity contribution in [2.45, 2.75) is 39.0 Å². The second kappa shape index (κ2) is 7.22. The zero-order valence-electron chi connectivity index (χ0n) is 13.9. The van der Waals surface area contributed by atoms with Crippen LogP contribution in [0.1, 0.15) is 12.8 Å². The van der Waals surface area contributed by atoms with Gasteiger partial charge >= 0.3 is 5.69 Å². The number of Topliss-reactive ketones (excluding diaryl/α,β-unsaturated/α-hetero) is 1. The highest BCUT2D eigenvalue weighted by Gasteiger charge is 2.29. The molecule has 1 aromatic heterocycles. The summed E-state index contributed by atoms with van der Waals surface area (Å²) in [6.45, 7) is 8.40. The highest BCUT2D eigenvalue weighted by atomic mass is 28.3. The molecule has 0 amide bonds. The topological polar surface area (TPSA) is 90.5 Å². The van der Waals surface area contributed by atoms with Crippen LogP contribution in [-0.2, 0) is 16.1 Å². The predicted octanol–water partition coefficient (Wildman–Crippen LogP) is 1.85. The molecule has 1 fully saturated rings. The van der Waals surface area contributed by atoms with Gasteiger partial charge in [0, 0.05) is 19.2 Å². The molecular weight excluding hydrogens is 316 g/mol. The fourth-order valence-corrected chi connectivity index (χ4v) is 3.29. The molecule has 8 nitrogen and oxygen atoms in total. The average Bonchev–Trinajstić information content (AvgIpc) is 2.86. The number of piperidine rings is 1. The van der Waals surface area contributed by atoms with E-state index in [0.717, 1.165) is 6.23 Å². The molecule has 0 saturated carbocycles. The summed E-state index contributed by atoms with van der Waals surface area (Å²) in [5.41, 5.74) is -0.0510. The molecule has 2 rings (SSSR count). The molecule has 23 heavy (non-hydrogen) atoms. The van der Waals surface area contributed by atoms with Crippen molar-refractivity contribution in [1.82, 2.24) is 9.78 Å². The lowest BCUT2D eigenvalue weighted by molar-refractivity contribution is -0.384. The summed E-state index contributed by atoms with van der Waals surface area (Å²) in [7, 11) is -1.28. The molecule has 2 heterocycles. The molecule has 0 bridgehead atoms. The van der Waals surface area contributed by atoms with Gasteiger partial charge in [-0.1, -0.05) is 19.6 Å². The van der Waals surface area contributed by atoms with E-state index >= 15 is 0 Å². The van der Waals surface area contributed by atoms with Gasteiger partial charge < -0.3 is 9.64 Å². The zero-order chi connectivity index (χ0) is 17.0. The van der Waals surface area contributed by atoms with Crippen LogP contribution in [-0.4, -0.2) is 54.5 Å². The van der Waals surface area contributed by atoms with Gasteiger partial charge in [-0.2, -0.15) is 5.10 Å². The maximum Gasteiger partial charge on any atom is 0.331 e. The molecule has 0 spiro atoms. The molecule has 1 aliphatic rings. The van der Waals surface area contributed by atoms with Gasteiger partial charge in [0.25, 0.3) is 0 Å². The van der Waals surface area contributed by atoms with Crippen molar-refractivity contribution in [3.63, 3.8) is 0 Å². The van der Waals surface area contributed by atoms with Gasteiger partial charge in [0.1, 0.15) is 6.20 Å². The van der Waals surface area contributed by atoms with Crippen LogP contribution in [0.2, 0.25) is 19.6 Å². The van der Waals surface area contributed by atoms with Crippen LogP contribution in [0.15, 0.2) is 6.20 Å². The molecule has 0 radical (unpaired) electrons. The van der Waals surface area contributed by atoms with Crippen LogP contribution >= 0.6 is 0 Å². The van der Waals surface area contributed by atoms with Gasteiger partial charge in [0.2, 0.25) is 5.82 Å². The van der Waals surface area contributed by atoms with Crippen molar-refractivity contribution in [3.05, 3.63) is 16.3 Å². The van der Waals surface area contributed by atoms with Crippen molar-refractivity contribution in [3.8, 4) is 0 Å². The predicted molar refractivity (Wildman–Crippen MR) is 89.5 cm³/mol. The minimum Gasteiger partial charge on any atom is -0.383 e. The number of ketones is 1. The molecule has 0 atom stereocenters. The summed E-state index contributed by atoms with van der Waals surface area (Å²) in [6.07, 6.45) is 3.26. The lowest BCUT2D eigenvalue weighted by atomic mass is 10.1. The summed E-state index contributed by atoms with van der Waals surface area (Å²) in [5.74, 6) is 0.521. The first-order chi connectivity index (χ1) is 10.8. The van der Waals surface area contributed by atoms with Crippen LogP contribution in [0.25, 0.3) is 0 Å². The molecule has 0 unspecified atom stereocenters. The first kappa shape index (κ1) is 17.6. The second-order valence-corrected chi connectivity index (χ2v) is 12.4. The van der Waals surface area contributed by atoms with E-state index in [9.17, 15) is 14.9 Å². The highest BCUT2D eigenvalue weighted by Crippen LogP contribution is 2.29. The van der Waals surface area contributed by atoms with Crippen molar-refractivity contribution in [2.24, 2.45) is 0 Å². The summed E-state index contributed by atoms with van der Waals surface area (Å²) in [5, 5.41) is 15.4. The number of aromatic nitrogens is 2. The Hall–Kier alpha value is -1.74. The molecule has 1 aromatic rings. The molecule has 128 valence electrons. The first-order valence-electron chi connectivity index (χ1n) is 7.82. The minimum atomic E-state index is -1.28. The Bertz CT molecular complexity index is 582. The lowest BCUT2D eigenvalue weighted by Gasteiger charge is -2.27. The molecule has 9 heteroatoms. The Labute approximate surface area is 136 Å². The third-order valence-corrected chi connectivity index (χ3v) is 4.59. The molecule has 0 aliphatic carbocycles. The minimum absolute atomic E-state index is 0.0510. The smallest absolute Gasteiger partial charge is 0.331 e. The number of hydrogen-bond donors (Lipinski definition) is 0. The van der Waals surface area contributed by atoms with Crippen LogP contribution in [0.4, 0.5) is 11.5 Å². The summed E-state index contributed by atoms with van der Waals surface area (Å²) >= 11 is 0. The van der Waals surface area contributed by atoms with E-state index in [1.807, 2.05) is 0 Å². The Balaban J connectivity index is 2.10. The standard InChI is InChI=1S/C14H24N4O4Si/c1-23(2,3)11-22-8-7-17-14(13(9-15-17)18(20)21)16-6-4-5-12(19)10-16/h9H,4-8,10-11H2,1-3H3. The highest BCUT2D eigenvalue weighted by molar-refractivity contribution is 6.76. The van der Waals surface area contributed by atoms with Crippen LogP contribution in [0, 0.1) is 10.1 Å². The number of hydrogen-bond acceptors (Lipinski definition) is 6. The summed E-state index contributed by atoms with van der Waals surface area (Å²) in [4.78, 5) is 24.2. The maximum atomic E-state index is 11.7. The van der Waals surface area contributed by atoms with Crippen LogP contribution in [0.3, 0.4) is 0 Å². The zero-order valence-corrected chi connectivity index (χ0v) is 14.9. The van der Waals surface area contributed by atoms with Crippen LogP contribution in [0.5, 0.6) is 0 Å². The Morgan fingerprint density at radius 2 is 2.17 bits per heavy atom. The SMILES string of the molecule is C[Si](C)(C)COCCn1ncc([N+](=O)[O-])c1N1CCCC(=O)C1. The normalized spacial score (nSPS) is 16.0. The molecule has 1 saturated heterocycles. The van der Waals surface area contributed by atoms with Gasteiger partial charge in [-0.05, 0) is 6.42 Å². The average molecular weight is 340 g/mol. The van der Waals surface area contributed by atoms with E-state index in [1.165, 1.54) is 6.20 Å². The van der Waals surface area contributed by atoms with E-state index in [2.05, 4.69) is 24.7 Å². The quantitative estimate of drug-likeness (QED) is 0.326. The molecule has 0 N–H and O–H groups in total. The van der Waals surface area contributed by atoms with E-state index in [4.69, 9.17) is 4.74 Å². The third-order valence-electron chi connectivity index (χ3n) is 3.52. The van der Waals surface area contributed by atoms with E-state index in [1.54, 1.807) is 9.58 Å². The van der Waals surface area contributed by atoms with E-state index in [0.29, 0.717) is 38.4 Å². The number of carbonyl (C=O) groups excluding carboxylic acids is 1. The van der Waals surface area contributed by atoms with Crippen molar-refractivity contribution in [1.29, 1.82) is 0 Å². The van der Waals surface area contributed by atoms with Gasteiger partial charge in [0.05, 0.1) is 32.7 Å². The Morgan fingerprint density at radius 3 is 2.78 bits per heavy atom. The monoisotopic (exact) mass is 340 g/mol. The lowest BCUT2D eigenvalue weighted by Crippen LogP contribution is -2.37. The van der Waals surface area contributed by atoms with Crippen molar-refractivity contribution in [2.75, 3.05) is 30.8 Å².